The first-order valence-corrected chi connectivity index (χ1v) is 7.71. The third kappa shape index (κ3) is 3.90. The fourth-order valence-corrected chi connectivity index (χ4v) is 2.53. The van der Waals surface area contributed by atoms with Crippen LogP contribution in [-0.4, -0.2) is 51.9 Å². The van der Waals surface area contributed by atoms with Crippen LogP contribution in [0.25, 0.3) is 0 Å². The Morgan fingerprint density at radius 3 is 2.52 bits per heavy atom. The SMILES string of the molecule is O=C(C#Cc1ccccn1)N1CCN(c2ncccc2[N+](=O)[O-])CC1. The van der Waals surface area contributed by atoms with Gasteiger partial charge in [-0.25, -0.2) is 9.97 Å². The van der Waals surface area contributed by atoms with Crippen molar-refractivity contribution in [3.8, 4) is 11.8 Å². The number of carbonyl (C=O) groups excluding carboxylic acids is 1. The first kappa shape index (κ1) is 16.4. The summed E-state index contributed by atoms with van der Waals surface area (Å²) in [5, 5.41) is 11.1. The van der Waals surface area contributed by atoms with Crippen LogP contribution in [0.3, 0.4) is 0 Å². The van der Waals surface area contributed by atoms with E-state index in [9.17, 15) is 14.9 Å². The molecule has 0 atom stereocenters. The molecule has 1 aliphatic rings. The number of nitrogens with zero attached hydrogens (tertiary/aromatic N) is 5. The predicted molar refractivity (Wildman–Crippen MR) is 90.8 cm³/mol. The highest BCUT2D eigenvalue weighted by Crippen LogP contribution is 2.25. The number of amides is 1. The summed E-state index contributed by atoms with van der Waals surface area (Å²) >= 11 is 0. The van der Waals surface area contributed by atoms with E-state index >= 15 is 0 Å². The number of rotatable bonds is 2. The van der Waals surface area contributed by atoms with Crippen LogP contribution >= 0.6 is 0 Å². The Balaban J connectivity index is 1.64. The third-order valence-corrected chi connectivity index (χ3v) is 3.79. The molecule has 1 saturated heterocycles. The van der Waals surface area contributed by atoms with Gasteiger partial charge in [0.15, 0.2) is 0 Å². The van der Waals surface area contributed by atoms with Gasteiger partial charge in [0.25, 0.3) is 5.91 Å². The smallest absolute Gasteiger partial charge is 0.311 e. The molecule has 0 radical (unpaired) electrons. The van der Waals surface area contributed by atoms with Gasteiger partial charge in [-0.2, -0.15) is 0 Å². The van der Waals surface area contributed by atoms with Crippen molar-refractivity contribution in [1.29, 1.82) is 0 Å². The summed E-state index contributed by atoms with van der Waals surface area (Å²) in [5.41, 5.74) is 0.510. The van der Waals surface area contributed by atoms with E-state index in [-0.39, 0.29) is 11.6 Å². The quantitative estimate of drug-likeness (QED) is 0.463. The second-order valence-corrected chi connectivity index (χ2v) is 5.35. The Labute approximate surface area is 144 Å². The topological polar surface area (TPSA) is 92.5 Å². The van der Waals surface area contributed by atoms with Gasteiger partial charge in [0.2, 0.25) is 5.82 Å². The molecule has 0 N–H and O–H groups in total. The van der Waals surface area contributed by atoms with Crippen molar-refractivity contribution in [2.45, 2.75) is 0 Å². The summed E-state index contributed by atoms with van der Waals surface area (Å²) in [6.07, 6.45) is 3.14. The van der Waals surface area contributed by atoms with Gasteiger partial charge in [-0.3, -0.25) is 14.9 Å². The second-order valence-electron chi connectivity index (χ2n) is 5.35. The minimum atomic E-state index is -0.446. The minimum Gasteiger partial charge on any atom is -0.347 e. The van der Waals surface area contributed by atoms with E-state index in [1.54, 1.807) is 29.3 Å². The zero-order chi connectivity index (χ0) is 17.6. The number of hydrogen-bond donors (Lipinski definition) is 0. The summed E-state index contributed by atoms with van der Waals surface area (Å²) < 4.78 is 0. The van der Waals surface area contributed by atoms with Crippen LogP contribution in [0.15, 0.2) is 42.7 Å². The molecular formula is C17H15N5O3. The maximum Gasteiger partial charge on any atom is 0.311 e. The van der Waals surface area contributed by atoms with Crippen molar-refractivity contribution in [2.24, 2.45) is 0 Å². The van der Waals surface area contributed by atoms with Gasteiger partial charge in [0.1, 0.15) is 5.69 Å². The van der Waals surface area contributed by atoms with Gasteiger partial charge in [-0.05, 0) is 24.1 Å². The highest BCUT2D eigenvalue weighted by atomic mass is 16.6. The number of carbonyl (C=O) groups is 1. The Hall–Kier alpha value is -3.47. The van der Waals surface area contributed by atoms with Gasteiger partial charge in [-0.1, -0.05) is 6.07 Å². The molecule has 8 nitrogen and oxygen atoms in total. The van der Waals surface area contributed by atoms with Crippen LogP contribution in [-0.2, 0) is 4.79 Å². The second kappa shape index (κ2) is 7.40. The summed E-state index contributed by atoms with van der Waals surface area (Å²) in [5.74, 6) is 5.38. The summed E-state index contributed by atoms with van der Waals surface area (Å²) in [4.78, 5) is 34.4. The molecule has 2 aromatic heterocycles. The van der Waals surface area contributed by atoms with Crippen LogP contribution in [0.1, 0.15) is 5.69 Å². The summed E-state index contributed by atoms with van der Waals surface area (Å²) in [6, 6.07) is 8.29. The van der Waals surface area contributed by atoms with Crippen LogP contribution in [0.5, 0.6) is 0 Å². The number of hydrogen-bond acceptors (Lipinski definition) is 6. The average molecular weight is 337 g/mol. The molecule has 8 heteroatoms. The number of aromatic nitrogens is 2. The lowest BCUT2D eigenvalue weighted by molar-refractivity contribution is -0.384. The fraction of sp³-hybridized carbons (Fsp3) is 0.235. The lowest BCUT2D eigenvalue weighted by atomic mass is 10.2. The molecule has 0 bridgehead atoms. The fourth-order valence-electron chi connectivity index (χ4n) is 2.53. The molecule has 1 amide bonds. The molecule has 25 heavy (non-hydrogen) atoms. The van der Waals surface area contributed by atoms with Gasteiger partial charge >= 0.3 is 5.69 Å². The molecule has 2 aromatic rings. The van der Waals surface area contributed by atoms with Crippen molar-refractivity contribution in [3.05, 3.63) is 58.5 Å². The third-order valence-electron chi connectivity index (χ3n) is 3.79. The molecule has 3 rings (SSSR count). The molecular weight excluding hydrogens is 322 g/mol. The Kier molecular flexibility index (Phi) is 4.85. The maximum absolute atomic E-state index is 12.2. The van der Waals surface area contributed by atoms with Crippen LogP contribution in [0.2, 0.25) is 0 Å². The molecule has 0 aliphatic carbocycles. The molecule has 1 fully saturated rings. The molecule has 0 aromatic carbocycles. The minimum absolute atomic E-state index is 0.0304. The Morgan fingerprint density at radius 1 is 1.08 bits per heavy atom. The average Bonchev–Trinajstić information content (AvgIpc) is 2.67. The highest BCUT2D eigenvalue weighted by Gasteiger charge is 2.26. The van der Waals surface area contributed by atoms with Gasteiger partial charge in [0.05, 0.1) is 4.92 Å². The normalized spacial score (nSPS) is 13.8. The number of piperazine rings is 1. The number of anilines is 1. The maximum atomic E-state index is 12.2. The molecule has 0 unspecified atom stereocenters. The Bertz CT molecular complexity index is 836. The predicted octanol–water partition coefficient (Wildman–Crippen LogP) is 1.09. The summed E-state index contributed by atoms with van der Waals surface area (Å²) in [7, 11) is 0. The molecule has 1 aliphatic heterocycles. The van der Waals surface area contributed by atoms with E-state index in [4.69, 9.17) is 0 Å². The van der Waals surface area contributed by atoms with E-state index in [2.05, 4.69) is 21.8 Å². The highest BCUT2D eigenvalue weighted by molar-refractivity contribution is 5.94. The van der Waals surface area contributed by atoms with Crippen molar-refractivity contribution in [3.63, 3.8) is 0 Å². The largest absolute Gasteiger partial charge is 0.347 e. The van der Waals surface area contributed by atoms with Gasteiger partial charge < -0.3 is 9.80 Å². The van der Waals surface area contributed by atoms with Gasteiger partial charge in [-0.15, -0.1) is 0 Å². The monoisotopic (exact) mass is 337 g/mol. The van der Waals surface area contributed by atoms with E-state index in [1.807, 2.05) is 4.90 Å². The van der Waals surface area contributed by atoms with E-state index in [0.29, 0.717) is 37.7 Å². The molecule has 3 heterocycles. The zero-order valence-electron chi connectivity index (χ0n) is 13.3. The zero-order valence-corrected chi connectivity index (χ0v) is 13.3. The first-order chi connectivity index (χ1) is 12.1. The van der Waals surface area contributed by atoms with Crippen molar-refractivity contribution in [2.75, 3.05) is 31.1 Å². The lowest BCUT2D eigenvalue weighted by Crippen LogP contribution is -2.48. The van der Waals surface area contributed by atoms with Crippen molar-refractivity contribution < 1.29 is 9.72 Å². The van der Waals surface area contributed by atoms with Crippen LogP contribution < -0.4 is 4.90 Å². The molecule has 126 valence electrons. The standard InChI is InChI=1S/C17H15N5O3/c23-16(7-6-14-4-1-2-8-18-14)20-10-12-21(13-11-20)17-15(22(24)25)5-3-9-19-17/h1-5,8-9H,10-13H2. The number of pyridine rings is 2. The van der Waals surface area contributed by atoms with E-state index < -0.39 is 4.92 Å². The van der Waals surface area contributed by atoms with Crippen molar-refractivity contribution in [1.82, 2.24) is 14.9 Å². The molecule has 0 spiro atoms. The van der Waals surface area contributed by atoms with Gasteiger partial charge in [0, 0.05) is 50.6 Å². The van der Waals surface area contributed by atoms with Crippen molar-refractivity contribution >= 4 is 17.4 Å². The van der Waals surface area contributed by atoms with E-state index in [0.717, 1.165) is 0 Å². The number of nitro groups is 1. The summed E-state index contributed by atoms with van der Waals surface area (Å²) in [6.45, 7) is 1.80. The Morgan fingerprint density at radius 2 is 1.84 bits per heavy atom. The lowest BCUT2D eigenvalue weighted by Gasteiger charge is -2.34. The first-order valence-electron chi connectivity index (χ1n) is 7.71. The molecule has 0 saturated carbocycles. The van der Waals surface area contributed by atoms with Crippen LogP contribution in [0, 0.1) is 22.0 Å². The van der Waals surface area contributed by atoms with E-state index in [1.165, 1.54) is 18.3 Å². The van der Waals surface area contributed by atoms with Crippen LogP contribution in [0.4, 0.5) is 11.5 Å².